The van der Waals surface area contributed by atoms with Crippen LogP contribution in [0.15, 0.2) is 18.2 Å². The van der Waals surface area contributed by atoms with Crippen molar-refractivity contribution < 1.29 is 14.6 Å². The minimum Gasteiger partial charge on any atom is -0.496 e. The van der Waals surface area contributed by atoms with E-state index in [0.717, 1.165) is 0 Å². The molecular weight excluding hydrogens is 242 g/mol. The summed E-state index contributed by atoms with van der Waals surface area (Å²) in [6.45, 7) is 2.26. The van der Waals surface area contributed by atoms with Crippen LogP contribution in [0.3, 0.4) is 0 Å². The van der Waals surface area contributed by atoms with Gasteiger partial charge in [-0.05, 0) is 18.1 Å². The van der Waals surface area contributed by atoms with Crippen molar-refractivity contribution in [1.29, 1.82) is 0 Å². The van der Waals surface area contributed by atoms with Crippen molar-refractivity contribution >= 4 is 17.5 Å². The third-order valence-corrected chi connectivity index (χ3v) is 2.66. The van der Waals surface area contributed by atoms with E-state index in [1.165, 1.54) is 7.11 Å². The number of carbonyl (C=O) groups is 1. The average Bonchev–Trinajstić information content (AvgIpc) is 2.34. The Hall–Kier alpha value is -1.26. The predicted molar refractivity (Wildman–Crippen MR) is 66.6 cm³/mol. The molecule has 0 aromatic heterocycles. The van der Waals surface area contributed by atoms with Crippen molar-refractivity contribution in [3.63, 3.8) is 0 Å². The number of benzene rings is 1. The Labute approximate surface area is 106 Å². The summed E-state index contributed by atoms with van der Waals surface area (Å²) < 4.78 is 5.09. The zero-order chi connectivity index (χ0) is 12.8. The van der Waals surface area contributed by atoms with Gasteiger partial charge in [-0.2, -0.15) is 0 Å². The molecule has 17 heavy (non-hydrogen) atoms. The summed E-state index contributed by atoms with van der Waals surface area (Å²) in [6, 6.07) is 5.03. The first-order valence-corrected chi connectivity index (χ1v) is 5.69. The summed E-state index contributed by atoms with van der Waals surface area (Å²) in [4.78, 5) is 11.9. The number of aliphatic hydroxyl groups is 1. The van der Waals surface area contributed by atoms with Gasteiger partial charge >= 0.3 is 0 Å². The Morgan fingerprint density at radius 2 is 2.29 bits per heavy atom. The van der Waals surface area contributed by atoms with Gasteiger partial charge in [0.05, 0.1) is 17.7 Å². The lowest BCUT2D eigenvalue weighted by Gasteiger charge is -2.12. The van der Waals surface area contributed by atoms with Crippen molar-refractivity contribution in [2.45, 2.75) is 6.92 Å². The quantitative estimate of drug-likeness (QED) is 0.844. The molecule has 1 unspecified atom stereocenters. The Bertz CT molecular complexity index is 395. The van der Waals surface area contributed by atoms with Crippen LogP contribution < -0.4 is 10.1 Å². The van der Waals surface area contributed by atoms with Crippen LogP contribution in [-0.2, 0) is 0 Å². The van der Waals surface area contributed by atoms with Crippen LogP contribution >= 0.6 is 11.6 Å². The summed E-state index contributed by atoms with van der Waals surface area (Å²) in [5.41, 5.74) is 0.321. The molecule has 1 aromatic rings. The Balaban J connectivity index is 2.81. The molecule has 0 aliphatic rings. The summed E-state index contributed by atoms with van der Waals surface area (Å²) in [6.07, 6.45) is 0. The number of rotatable bonds is 5. The number of aliphatic hydroxyl groups excluding tert-OH is 1. The van der Waals surface area contributed by atoms with E-state index in [0.29, 0.717) is 22.9 Å². The Morgan fingerprint density at radius 3 is 2.88 bits per heavy atom. The van der Waals surface area contributed by atoms with E-state index in [9.17, 15) is 4.79 Å². The standard InChI is InChI=1S/C12H16ClNO3/c1-8(7-15)6-14-12(16)11-9(13)4-3-5-10(11)17-2/h3-5,8,15H,6-7H2,1-2H3,(H,14,16). The first-order chi connectivity index (χ1) is 8.10. The average molecular weight is 258 g/mol. The van der Waals surface area contributed by atoms with Crippen LogP contribution in [0, 0.1) is 5.92 Å². The fourth-order valence-corrected chi connectivity index (χ4v) is 1.57. The van der Waals surface area contributed by atoms with Crippen molar-refractivity contribution in [1.82, 2.24) is 5.32 Å². The molecule has 0 saturated carbocycles. The molecule has 0 aliphatic carbocycles. The summed E-state index contributed by atoms with van der Waals surface area (Å²) in [7, 11) is 1.48. The van der Waals surface area contributed by atoms with E-state index in [1.807, 2.05) is 6.92 Å². The maximum absolute atomic E-state index is 11.9. The summed E-state index contributed by atoms with van der Waals surface area (Å²) in [5.74, 6) is 0.145. The fraction of sp³-hybridized carbons (Fsp3) is 0.417. The highest BCUT2D eigenvalue weighted by molar-refractivity contribution is 6.34. The minimum atomic E-state index is -0.298. The van der Waals surface area contributed by atoms with Gasteiger partial charge in [0.1, 0.15) is 5.75 Å². The molecule has 94 valence electrons. The highest BCUT2D eigenvalue weighted by Crippen LogP contribution is 2.25. The molecule has 0 aliphatic heterocycles. The normalized spacial score (nSPS) is 12.0. The smallest absolute Gasteiger partial charge is 0.256 e. The maximum Gasteiger partial charge on any atom is 0.256 e. The predicted octanol–water partition coefficient (Wildman–Crippen LogP) is 1.71. The van der Waals surface area contributed by atoms with Gasteiger partial charge in [-0.3, -0.25) is 4.79 Å². The van der Waals surface area contributed by atoms with Gasteiger partial charge in [0.25, 0.3) is 5.91 Å². The van der Waals surface area contributed by atoms with Crippen molar-refractivity contribution in [2.24, 2.45) is 5.92 Å². The first-order valence-electron chi connectivity index (χ1n) is 5.31. The van der Waals surface area contributed by atoms with Gasteiger partial charge < -0.3 is 15.2 Å². The molecule has 0 heterocycles. The van der Waals surface area contributed by atoms with Crippen LogP contribution in [0.5, 0.6) is 5.75 Å². The van der Waals surface area contributed by atoms with Gasteiger partial charge in [0.15, 0.2) is 0 Å². The van der Waals surface area contributed by atoms with Gasteiger partial charge in [-0.25, -0.2) is 0 Å². The number of nitrogens with one attached hydrogen (secondary N) is 1. The molecule has 1 amide bonds. The van der Waals surface area contributed by atoms with Gasteiger partial charge in [0, 0.05) is 13.2 Å². The molecule has 1 rings (SSSR count). The number of methoxy groups -OCH3 is 1. The molecule has 0 spiro atoms. The molecule has 0 saturated heterocycles. The van der Waals surface area contributed by atoms with E-state index >= 15 is 0 Å². The second-order valence-electron chi connectivity index (χ2n) is 3.81. The van der Waals surface area contributed by atoms with Crippen LogP contribution in [0.25, 0.3) is 0 Å². The highest BCUT2D eigenvalue weighted by Gasteiger charge is 2.16. The molecule has 0 bridgehead atoms. The van der Waals surface area contributed by atoms with Gasteiger partial charge in [0.2, 0.25) is 0 Å². The van der Waals surface area contributed by atoms with Crippen LogP contribution in [0.4, 0.5) is 0 Å². The van der Waals surface area contributed by atoms with Crippen molar-refractivity contribution in [2.75, 3.05) is 20.3 Å². The molecule has 0 radical (unpaired) electrons. The summed E-state index contributed by atoms with van der Waals surface area (Å²) in [5, 5.41) is 11.9. The van der Waals surface area contributed by atoms with E-state index in [2.05, 4.69) is 5.32 Å². The van der Waals surface area contributed by atoms with E-state index in [1.54, 1.807) is 18.2 Å². The number of amides is 1. The summed E-state index contributed by atoms with van der Waals surface area (Å²) >= 11 is 5.96. The number of ether oxygens (including phenoxy) is 1. The largest absolute Gasteiger partial charge is 0.496 e. The monoisotopic (exact) mass is 257 g/mol. The third-order valence-electron chi connectivity index (χ3n) is 2.35. The lowest BCUT2D eigenvalue weighted by molar-refractivity contribution is 0.0939. The highest BCUT2D eigenvalue weighted by atomic mass is 35.5. The third kappa shape index (κ3) is 3.61. The Morgan fingerprint density at radius 1 is 1.59 bits per heavy atom. The second kappa shape index (κ2) is 6.47. The van der Waals surface area contributed by atoms with Crippen molar-refractivity contribution in [3.05, 3.63) is 28.8 Å². The molecule has 1 aromatic carbocycles. The molecule has 4 nitrogen and oxygen atoms in total. The second-order valence-corrected chi connectivity index (χ2v) is 4.22. The number of carbonyl (C=O) groups excluding carboxylic acids is 1. The molecule has 1 atom stereocenters. The number of halogens is 1. The molecule has 2 N–H and O–H groups in total. The molecule has 5 heteroatoms. The van der Waals surface area contributed by atoms with Crippen LogP contribution in [0.2, 0.25) is 5.02 Å². The molecular formula is C12H16ClNO3. The lowest BCUT2D eigenvalue weighted by atomic mass is 10.1. The minimum absolute atomic E-state index is 0.00688. The lowest BCUT2D eigenvalue weighted by Crippen LogP contribution is -2.30. The van der Waals surface area contributed by atoms with Crippen LogP contribution in [0.1, 0.15) is 17.3 Å². The van der Waals surface area contributed by atoms with E-state index < -0.39 is 0 Å². The van der Waals surface area contributed by atoms with Crippen LogP contribution in [-0.4, -0.2) is 31.3 Å². The van der Waals surface area contributed by atoms with E-state index in [4.69, 9.17) is 21.4 Å². The first kappa shape index (κ1) is 13.8. The Kier molecular flexibility index (Phi) is 5.25. The zero-order valence-corrected chi connectivity index (χ0v) is 10.6. The van der Waals surface area contributed by atoms with Gasteiger partial charge in [-0.15, -0.1) is 0 Å². The number of hydrogen-bond acceptors (Lipinski definition) is 3. The topological polar surface area (TPSA) is 58.6 Å². The molecule has 0 fully saturated rings. The maximum atomic E-state index is 11.9. The van der Waals surface area contributed by atoms with E-state index in [-0.39, 0.29) is 18.4 Å². The zero-order valence-electron chi connectivity index (χ0n) is 9.87. The SMILES string of the molecule is COc1cccc(Cl)c1C(=O)NCC(C)CO. The van der Waals surface area contributed by atoms with Crippen molar-refractivity contribution in [3.8, 4) is 5.75 Å². The number of hydrogen-bond donors (Lipinski definition) is 2. The van der Waals surface area contributed by atoms with Gasteiger partial charge in [-0.1, -0.05) is 24.6 Å². The fourth-order valence-electron chi connectivity index (χ4n) is 1.31.